The Morgan fingerprint density at radius 2 is 2.25 bits per heavy atom. The minimum absolute atomic E-state index is 0.149. The van der Waals surface area contributed by atoms with Gasteiger partial charge in [0.1, 0.15) is 0 Å². The number of rotatable bonds is 1. The lowest BCUT2D eigenvalue weighted by Gasteiger charge is -2.25. The maximum atomic E-state index is 6.10. The number of halogens is 2. The number of hydrogen-bond acceptors (Lipinski definition) is 1. The normalized spacial score (nSPS) is 28.2. The summed E-state index contributed by atoms with van der Waals surface area (Å²) in [6.45, 7) is 6.04. The van der Waals surface area contributed by atoms with Crippen LogP contribution in [-0.2, 0) is 0 Å². The lowest BCUT2D eigenvalue weighted by atomic mass is 10.0. The first-order chi connectivity index (χ1) is 5.74. The highest BCUT2D eigenvalue weighted by molar-refractivity contribution is 6.22. The molecule has 0 radical (unpaired) electrons. The molecule has 0 aromatic rings. The zero-order chi connectivity index (χ0) is 8.97. The molecule has 0 amide bonds. The molecule has 0 N–H and O–H groups in total. The van der Waals surface area contributed by atoms with Crippen LogP contribution >= 0.6 is 23.2 Å². The van der Waals surface area contributed by atoms with Gasteiger partial charge in [0, 0.05) is 6.54 Å². The Hall–Kier alpha value is 0.280. The minimum Gasteiger partial charge on any atom is -0.290 e. The fourth-order valence-electron chi connectivity index (χ4n) is 1.42. The van der Waals surface area contributed by atoms with Crippen molar-refractivity contribution < 1.29 is 0 Å². The van der Waals surface area contributed by atoms with E-state index in [0.717, 1.165) is 32.4 Å². The van der Waals surface area contributed by atoms with Gasteiger partial charge in [0.05, 0.1) is 11.4 Å². The van der Waals surface area contributed by atoms with Crippen LogP contribution in [0.15, 0.2) is 12.2 Å². The summed E-state index contributed by atoms with van der Waals surface area (Å²) in [7, 11) is 0. The molecule has 12 heavy (non-hydrogen) atoms. The zero-order valence-corrected chi connectivity index (χ0v) is 8.74. The number of allylic oxidation sites excluding steroid dienone is 1. The average Bonchev–Trinajstić information content (AvgIpc) is 2.07. The van der Waals surface area contributed by atoms with Gasteiger partial charge in [-0.3, -0.25) is 4.90 Å². The third-order valence-electron chi connectivity index (χ3n) is 2.28. The Kier molecular flexibility index (Phi) is 4.41. The van der Waals surface area contributed by atoms with E-state index in [1.54, 1.807) is 0 Å². The van der Waals surface area contributed by atoms with Crippen molar-refractivity contribution in [1.82, 2.24) is 4.90 Å². The molecule has 70 valence electrons. The lowest BCUT2D eigenvalue weighted by molar-refractivity contribution is 0.300. The maximum Gasteiger partial charge on any atom is 0.0738 e. The molecule has 1 aliphatic heterocycles. The van der Waals surface area contributed by atoms with Crippen molar-refractivity contribution in [1.29, 1.82) is 0 Å². The van der Waals surface area contributed by atoms with Crippen molar-refractivity contribution in [3.05, 3.63) is 12.2 Å². The summed E-state index contributed by atoms with van der Waals surface area (Å²) in [6, 6.07) is 0.621. The molecule has 1 saturated heterocycles. The van der Waals surface area contributed by atoms with Crippen LogP contribution in [0.4, 0.5) is 0 Å². The molecule has 0 unspecified atom stereocenters. The number of nitrogens with zero attached hydrogens (tertiary/aromatic N) is 1. The van der Waals surface area contributed by atoms with Crippen LogP contribution in [0, 0.1) is 0 Å². The van der Waals surface area contributed by atoms with E-state index in [2.05, 4.69) is 11.5 Å². The summed E-state index contributed by atoms with van der Waals surface area (Å²) < 4.78 is 0. The summed E-state index contributed by atoms with van der Waals surface area (Å²) >= 11 is 11.8. The highest BCUT2D eigenvalue weighted by atomic mass is 35.5. The first-order valence-corrected chi connectivity index (χ1v) is 5.31. The van der Waals surface area contributed by atoms with Crippen molar-refractivity contribution >= 4 is 23.2 Å². The van der Waals surface area contributed by atoms with E-state index >= 15 is 0 Å². The van der Waals surface area contributed by atoms with Gasteiger partial charge in [0.2, 0.25) is 0 Å². The van der Waals surface area contributed by atoms with Crippen LogP contribution < -0.4 is 0 Å². The van der Waals surface area contributed by atoms with Crippen molar-refractivity contribution in [2.45, 2.75) is 24.6 Å². The second-order valence-corrected chi connectivity index (χ2v) is 4.02. The van der Waals surface area contributed by atoms with Crippen LogP contribution in [0.1, 0.15) is 19.3 Å². The fourth-order valence-corrected chi connectivity index (χ4v) is 1.86. The predicted molar refractivity (Wildman–Crippen MR) is 54.9 cm³/mol. The molecule has 1 atom stereocenters. The summed E-state index contributed by atoms with van der Waals surface area (Å²) in [5.41, 5.74) is 1.19. The van der Waals surface area contributed by atoms with Crippen LogP contribution in [0.5, 0.6) is 0 Å². The van der Waals surface area contributed by atoms with E-state index in [9.17, 15) is 0 Å². The first-order valence-electron chi connectivity index (χ1n) is 4.34. The summed E-state index contributed by atoms with van der Waals surface area (Å²) in [4.78, 5) is 2.23. The third-order valence-corrected chi connectivity index (χ3v) is 3.15. The SMILES string of the molecule is C=C1CCCN(CCl)CC[C@H]1Cl. The van der Waals surface area contributed by atoms with Crippen molar-refractivity contribution in [3.63, 3.8) is 0 Å². The molecule has 3 heteroatoms. The second-order valence-electron chi connectivity index (χ2n) is 3.26. The van der Waals surface area contributed by atoms with Gasteiger partial charge in [-0.1, -0.05) is 12.2 Å². The van der Waals surface area contributed by atoms with Crippen molar-refractivity contribution in [2.75, 3.05) is 19.1 Å². The summed E-state index contributed by atoms with van der Waals surface area (Å²) in [5, 5.41) is 0.149. The molecule has 1 aliphatic rings. The highest BCUT2D eigenvalue weighted by Crippen LogP contribution is 2.20. The molecular weight excluding hydrogens is 193 g/mol. The van der Waals surface area contributed by atoms with E-state index in [4.69, 9.17) is 23.2 Å². The van der Waals surface area contributed by atoms with E-state index < -0.39 is 0 Å². The lowest BCUT2D eigenvalue weighted by Crippen LogP contribution is -2.29. The van der Waals surface area contributed by atoms with Gasteiger partial charge < -0.3 is 0 Å². The van der Waals surface area contributed by atoms with E-state index in [0.29, 0.717) is 6.00 Å². The Morgan fingerprint density at radius 1 is 1.50 bits per heavy atom. The zero-order valence-electron chi connectivity index (χ0n) is 7.23. The molecule has 0 saturated carbocycles. The van der Waals surface area contributed by atoms with E-state index in [-0.39, 0.29) is 5.38 Å². The van der Waals surface area contributed by atoms with Gasteiger partial charge in [-0.2, -0.15) is 0 Å². The van der Waals surface area contributed by atoms with E-state index in [1.165, 1.54) is 5.57 Å². The van der Waals surface area contributed by atoms with E-state index in [1.807, 2.05) is 0 Å². The molecule has 1 rings (SSSR count). The van der Waals surface area contributed by atoms with Crippen LogP contribution in [-0.4, -0.2) is 29.4 Å². The predicted octanol–water partition coefficient (Wildman–Crippen LogP) is 2.83. The highest BCUT2D eigenvalue weighted by Gasteiger charge is 2.15. The standard InChI is InChI=1S/C9H15Cl2N/c1-8-3-2-5-12(7-10)6-4-9(8)11/h9H,1-7H2/t9-/m1/s1. The molecule has 1 nitrogen and oxygen atoms in total. The number of hydrogen-bond donors (Lipinski definition) is 0. The Labute approximate surface area is 84.3 Å². The monoisotopic (exact) mass is 207 g/mol. The Balaban J connectivity index is 2.40. The molecule has 1 fully saturated rings. The second kappa shape index (κ2) is 5.11. The molecular formula is C9H15Cl2N. The van der Waals surface area contributed by atoms with Gasteiger partial charge in [0.15, 0.2) is 0 Å². The van der Waals surface area contributed by atoms with Crippen molar-refractivity contribution in [2.24, 2.45) is 0 Å². The number of likely N-dealkylation sites (tertiary alicyclic amines) is 1. The van der Waals surface area contributed by atoms with Crippen LogP contribution in [0.25, 0.3) is 0 Å². The van der Waals surface area contributed by atoms with Gasteiger partial charge in [-0.05, 0) is 25.8 Å². The summed E-state index contributed by atoms with van der Waals surface area (Å²) in [5.74, 6) is 0. The largest absolute Gasteiger partial charge is 0.290 e. The third kappa shape index (κ3) is 2.96. The fraction of sp³-hybridized carbons (Fsp3) is 0.778. The topological polar surface area (TPSA) is 3.24 Å². The van der Waals surface area contributed by atoms with Gasteiger partial charge in [-0.15, -0.1) is 23.2 Å². The average molecular weight is 208 g/mol. The quantitative estimate of drug-likeness (QED) is 0.364. The van der Waals surface area contributed by atoms with Gasteiger partial charge >= 0.3 is 0 Å². The molecule has 0 aromatic carbocycles. The summed E-state index contributed by atoms with van der Waals surface area (Å²) in [6.07, 6.45) is 3.16. The minimum atomic E-state index is 0.149. The maximum absolute atomic E-state index is 6.10. The molecule has 1 heterocycles. The molecule has 0 aliphatic carbocycles. The Bertz CT molecular complexity index is 159. The van der Waals surface area contributed by atoms with Crippen LogP contribution in [0.2, 0.25) is 0 Å². The van der Waals surface area contributed by atoms with Gasteiger partial charge in [0.25, 0.3) is 0 Å². The molecule has 0 bridgehead atoms. The molecule has 0 aromatic heterocycles. The number of alkyl halides is 2. The Morgan fingerprint density at radius 3 is 2.92 bits per heavy atom. The smallest absolute Gasteiger partial charge is 0.0738 e. The van der Waals surface area contributed by atoms with Gasteiger partial charge in [-0.25, -0.2) is 0 Å². The molecule has 0 spiro atoms. The van der Waals surface area contributed by atoms with Crippen molar-refractivity contribution in [3.8, 4) is 0 Å². The first kappa shape index (κ1) is 10.4. The van der Waals surface area contributed by atoms with Crippen LogP contribution in [0.3, 0.4) is 0 Å².